The summed E-state index contributed by atoms with van der Waals surface area (Å²) in [6.07, 6.45) is 0.730. The number of anilines is 1. The molecule has 2 heterocycles. The van der Waals surface area contributed by atoms with E-state index < -0.39 is 11.5 Å². The summed E-state index contributed by atoms with van der Waals surface area (Å²) >= 11 is 0. The van der Waals surface area contributed by atoms with Crippen molar-refractivity contribution in [2.24, 2.45) is 0 Å². The molecule has 5 nitrogen and oxygen atoms in total. The van der Waals surface area contributed by atoms with Crippen molar-refractivity contribution in [2.45, 2.75) is 26.8 Å². The molecule has 0 aliphatic carbocycles. The van der Waals surface area contributed by atoms with E-state index in [0.29, 0.717) is 17.6 Å². The molecular weight excluding hydrogens is 316 g/mol. The van der Waals surface area contributed by atoms with Gasteiger partial charge in [0, 0.05) is 17.6 Å². The molecule has 0 unspecified atom stereocenters. The summed E-state index contributed by atoms with van der Waals surface area (Å²) < 4.78 is 1.58. The largest absolute Gasteiger partial charge is 0.506 e. The van der Waals surface area contributed by atoms with Crippen molar-refractivity contribution in [3.8, 4) is 5.75 Å². The topological polar surface area (TPSA) is 71.3 Å². The van der Waals surface area contributed by atoms with Crippen LogP contribution in [0.2, 0.25) is 0 Å². The monoisotopic (exact) mass is 334 g/mol. The Balaban J connectivity index is 1.85. The number of nitrogens with one attached hydrogen (secondary N) is 1. The number of carbonyl (C=O) groups is 1. The number of rotatable bonds is 2. The molecular formula is C20H18N2O3. The van der Waals surface area contributed by atoms with Crippen molar-refractivity contribution in [1.82, 2.24) is 4.57 Å². The van der Waals surface area contributed by atoms with Crippen LogP contribution in [-0.2, 0) is 13.0 Å². The molecule has 0 fully saturated rings. The molecule has 1 aliphatic heterocycles. The van der Waals surface area contributed by atoms with Crippen LogP contribution in [0, 0.1) is 13.8 Å². The SMILES string of the molecule is Cc1ccc(NC(=O)c2c(O)c3cccc4c3n(c2=O)CC4)c(C)c1. The van der Waals surface area contributed by atoms with Gasteiger partial charge in [0.25, 0.3) is 11.5 Å². The number of hydrogen-bond donors (Lipinski definition) is 2. The summed E-state index contributed by atoms with van der Waals surface area (Å²) in [6, 6.07) is 11.2. The van der Waals surface area contributed by atoms with Crippen LogP contribution in [-0.4, -0.2) is 15.6 Å². The lowest BCUT2D eigenvalue weighted by Crippen LogP contribution is -2.28. The van der Waals surface area contributed by atoms with Crippen LogP contribution in [0.25, 0.3) is 10.9 Å². The van der Waals surface area contributed by atoms with E-state index in [0.717, 1.165) is 28.6 Å². The molecule has 1 aliphatic rings. The Hall–Kier alpha value is -3.08. The third-order valence-electron chi connectivity index (χ3n) is 4.80. The highest BCUT2D eigenvalue weighted by atomic mass is 16.3. The first-order valence-electron chi connectivity index (χ1n) is 8.23. The Labute approximate surface area is 144 Å². The van der Waals surface area contributed by atoms with Crippen LogP contribution < -0.4 is 10.9 Å². The first-order valence-corrected chi connectivity index (χ1v) is 8.23. The lowest BCUT2D eigenvalue weighted by atomic mass is 10.1. The summed E-state index contributed by atoms with van der Waals surface area (Å²) in [6.45, 7) is 4.39. The van der Waals surface area contributed by atoms with E-state index in [2.05, 4.69) is 5.32 Å². The molecule has 2 N–H and O–H groups in total. The van der Waals surface area contributed by atoms with Crippen molar-refractivity contribution < 1.29 is 9.90 Å². The number of para-hydroxylation sites is 1. The maximum Gasteiger partial charge on any atom is 0.267 e. The quantitative estimate of drug-likeness (QED) is 0.756. The average molecular weight is 334 g/mol. The standard InChI is InChI=1S/C20H18N2O3/c1-11-6-7-15(12(2)10-11)21-19(24)16-18(23)14-5-3-4-13-8-9-22(17(13)14)20(16)25/h3-7,10,23H,8-9H2,1-2H3,(H,21,24). The van der Waals surface area contributed by atoms with Gasteiger partial charge in [0.1, 0.15) is 11.3 Å². The van der Waals surface area contributed by atoms with Gasteiger partial charge in [-0.15, -0.1) is 0 Å². The summed E-state index contributed by atoms with van der Waals surface area (Å²) in [5.74, 6) is -0.834. The molecule has 0 atom stereocenters. The molecule has 0 saturated heterocycles. The van der Waals surface area contributed by atoms with Gasteiger partial charge < -0.3 is 15.0 Å². The Kier molecular flexibility index (Phi) is 3.39. The van der Waals surface area contributed by atoms with Crippen molar-refractivity contribution in [3.05, 3.63) is 69.0 Å². The smallest absolute Gasteiger partial charge is 0.267 e. The zero-order valence-electron chi connectivity index (χ0n) is 14.1. The predicted octanol–water partition coefficient (Wildman–Crippen LogP) is 3.13. The molecule has 1 aromatic heterocycles. The number of amides is 1. The number of carbonyl (C=O) groups excluding carboxylic acids is 1. The van der Waals surface area contributed by atoms with Crippen LogP contribution in [0.4, 0.5) is 5.69 Å². The Morgan fingerprint density at radius 2 is 2.00 bits per heavy atom. The van der Waals surface area contributed by atoms with E-state index >= 15 is 0 Å². The molecule has 5 heteroatoms. The van der Waals surface area contributed by atoms with E-state index in [4.69, 9.17) is 0 Å². The average Bonchev–Trinajstić information content (AvgIpc) is 3.01. The van der Waals surface area contributed by atoms with Gasteiger partial charge in [0.05, 0.1) is 5.52 Å². The van der Waals surface area contributed by atoms with Gasteiger partial charge in [-0.1, -0.05) is 29.8 Å². The summed E-state index contributed by atoms with van der Waals surface area (Å²) in [5, 5.41) is 13.9. The first-order chi connectivity index (χ1) is 12.0. The van der Waals surface area contributed by atoms with Gasteiger partial charge >= 0.3 is 0 Å². The number of aromatic nitrogens is 1. The zero-order chi connectivity index (χ0) is 17.7. The van der Waals surface area contributed by atoms with Crippen molar-refractivity contribution in [3.63, 3.8) is 0 Å². The van der Waals surface area contributed by atoms with Crippen molar-refractivity contribution in [2.75, 3.05) is 5.32 Å². The fourth-order valence-corrected chi connectivity index (χ4v) is 3.56. The van der Waals surface area contributed by atoms with E-state index in [9.17, 15) is 14.7 Å². The highest BCUT2D eigenvalue weighted by Gasteiger charge is 2.26. The van der Waals surface area contributed by atoms with Gasteiger partial charge in [0.15, 0.2) is 0 Å². The second-order valence-electron chi connectivity index (χ2n) is 6.52. The lowest BCUT2D eigenvalue weighted by molar-refractivity contribution is 0.102. The molecule has 3 aromatic rings. The minimum absolute atomic E-state index is 0.202. The molecule has 126 valence electrons. The minimum Gasteiger partial charge on any atom is -0.506 e. The maximum absolute atomic E-state index is 12.8. The van der Waals surface area contributed by atoms with E-state index in [1.165, 1.54) is 0 Å². The third kappa shape index (κ3) is 2.31. The first kappa shape index (κ1) is 15.4. The Bertz CT molecular complexity index is 1100. The molecule has 1 amide bonds. The van der Waals surface area contributed by atoms with E-state index in [1.54, 1.807) is 16.7 Å². The van der Waals surface area contributed by atoms with Gasteiger partial charge in [-0.2, -0.15) is 0 Å². The van der Waals surface area contributed by atoms with Gasteiger partial charge in [-0.05, 0) is 43.5 Å². The molecule has 0 radical (unpaired) electrons. The van der Waals surface area contributed by atoms with Gasteiger partial charge in [-0.25, -0.2) is 0 Å². The van der Waals surface area contributed by atoms with Crippen molar-refractivity contribution in [1.29, 1.82) is 0 Å². The van der Waals surface area contributed by atoms with Crippen molar-refractivity contribution >= 4 is 22.5 Å². The second kappa shape index (κ2) is 5.48. The van der Waals surface area contributed by atoms with Gasteiger partial charge in [0.2, 0.25) is 0 Å². The van der Waals surface area contributed by atoms with Crippen LogP contribution in [0.15, 0.2) is 41.2 Å². The fourth-order valence-electron chi connectivity index (χ4n) is 3.56. The number of benzene rings is 2. The molecule has 0 saturated carbocycles. The second-order valence-corrected chi connectivity index (χ2v) is 6.52. The highest BCUT2D eigenvalue weighted by Crippen LogP contribution is 2.32. The number of nitrogens with zero attached hydrogens (tertiary/aromatic N) is 1. The van der Waals surface area contributed by atoms with Crippen LogP contribution in [0.1, 0.15) is 27.0 Å². The van der Waals surface area contributed by atoms with E-state index in [1.807, 2.05) is 38.1 Å². The molecule has 4 rings (SSSR count). The number of aromatic hydroxyl groups is 1. The molecule has 0 spiro atoms. The number of hydrogen-bond acceptors (Lipinski definition) is 3. The summed E-state index contributed by atoms with van der Waals surface area (Å²) in [7, 11) is 0. The van der Waals surface area contributed by atoms with Gasteiger partial charge in [-0.3, -0.25) is 9.59 Å². The predicted molar refractivity (Wildman–Crippen MR) is 97.4 cm³/mol. The van der Waals surface area contributed by atoms with Crippen LogP contribution >= 0.6 is 0 Å². The molecule has 2 aromatic carbocycles. The van der Waals surface area contributed by atoms with Crippen LogP contribution in [0.5, 0.6) is 5.75 Å². The maximum atomic E-state index is 12.8. The normalized spacial score (nSPS) is 12.6. The number of pyridine rings is 1. The Morgan fingerprint density at radius 3 is 2.76 bits per heavy atom. The highest BCUT2D eigenvalue weighted by molar-refractivity contribution is 6.09. The third-order valence-corrected chi connectivity index (χ3v) is 4.80. The fraction of sp³-hybridized carbons (Fsp3) is 0.200. The lowest BCUT2D eigenvalue weighted by Gasteiger charge is -2.13. The van der Waals surface area contributed by atoms with E-state index in [-0.39, 0.29) is 11.3 Å². The number of aryl methyl sites for hydroxylation is 4. The summed E-state index contributed by atoms with van der Waals surface area (Å²) in [4.78, 5) is 25.5. The molecule has 25 heavy (non-hydrogen) atoms. The Morgan fingerprint density at radius 1 is 1.20 bits per heavy atom. The zero-order valence-corrected chi connectivity index (χ0v) is 14.1. The summed E-state index contributed by atoms with van der Waals surface area (Å²) in [5.41, 5.74) is 3.72. The van der Waals surface area contributed by atoms with Crippen LogP contribution in [0.3, 0.4) is 0 Å². The molecule has 0 bridgehead atoms. The minimum atomic E-state index is -0.586.